The summed E-state index contributed by atoms with van der Waals surface area (Å²) in [6.07, 6.45) is 4.43. The average Bonchev–Trinajstić information content (AvgIpc) is 3.03. The highest BCUT2D eigenvalue weighted by molar-refractivity contribution is 5.86. The summed E-state index contributed by atoms with van der Waals surface area (Å²) in [5.74, 6) is -0.731. The Labute approximate surface area is 133 Å². The Kier molecular flexibility index (Phi) is 4.36. The predicted octanol–water partition coefficient (Wildman–Crippen LogP) is 1.26. The fourth-order valence-corrected chi connectivity index (χ4v) is 2.86. The lowest BCUT2D eigenvalue weighted by atomic mass is 9.88. The van der Waals surface area contributed by atoms with Gasteiger partial charge in [0.2, 0.25) is 5.91 Å². The molecule has 23 heavy (non-hydrogen) atoms. The van der Waals surface area contributed by atoms with Gasteiger partial charge in [-0.2, -0.15) is 0 Å². The summed E-state index contributed by atoms with van der Waals surface area (Å²) in [6.45, 7) is 0.0165. The molecule has 1 aliphatic carbocycles. The summed E-state index contributed by atoms with van der Waals surface area (Å²) in [4.78, 5) is 23.6. The van der Waals surface area contributed by atoms with Crippen LogP contribution in [0.5, 0.6) is 0 Å². The van der Waals surface area contributed by atoms with E-state index >= 15 is 0 Å². The maximum absolute atomic E-state index is 12.2. The summed E-state index contributed by atoms with van der Waals surface area (Å²) in [5, 5.41) is 10.5. The van der Waals surface area contributed by atoms with Crippen LogP contribution in [0.2, 0.25) is 0 Å². The lowest BCUT2D eigenvalue weighted by Crippen LogP contribution is -2.33. The second-order valence-corrected chi connectivity index (χ2v) is 5.50. The van der Waals surface area contributed by atoms with Gasteiger partial charge < -0.3 is 10.1 Å². The SMILES string of the molecule is COC(=O)c1cn(CC(=O)N[C@@H]2CCCc3ccccc32)nn1. The molecule has 1 N–H and O–H groups in total. The molecule has 120 valence electrons. The first-order chi connectivity index (χ1) is 11.2. The highest BCUT2D eigenvalue weighted by Crippen LogP contribution is 2.29. The second kappa shape index (κ2) is 6.60. The van der Waals surface area contributed by atoms with E-state index in [0.717, 1.165) is 19.3 Å². The molecule has 0 saturated carbocycles. The number of esters is 1. The highest BCUT2D eigenvalue weighted by Gasteiger charge is 2.21. The summed E-state index contributed by atoms with van der Waals surface area (Å²) in [5.41, 5.74) is 2.56. The number of aryl methyl sites for hydroxylation is 1. The van der Waals surface area contributed by atoms with E-state index in [2.05, 4.69) is 32.5 Å². The Morgan fingerprint density at radius 1 is 1.39 bits per heavy atom. The molecule has 7 nitrogen and oxygen atoms in total. The molecule has 0 unspecified atom stereocenters. The van der Waals surface area contributed by atoms with Crippen LogP contribution in [0.25, 0.3) is 0 Å². The lowest BCUT2D eigenvalue weighted by Gasteiger charge is -2.26. The molecule has 0 saturated heterocycles. The molecule has 1 amide bonds. The Morgan fingerprint density at radius 2 is 2.22 bits per heavy atom. The molecule has 0 fully saturated rings. The van der Waals surface area contributed by atoms with Gasteiger partial charge in [-0.15, -0.1) is 5.10 Å². The number of fused-ring (bicyclic) bond motifs is 1. The number of benzene rings is 1. The molecule has 1 aromatic carbocycles. The molecule has 0 radical (unpaired) electrons. The first kappa shape index (κ1) is 15.2. The van der Waals surface area contributed by atoms with Gasteiger partial charge in [0, 0.05) is 0 Å². The number of ether oxygens (including phenoxy) is 1. The van der Waals surface area contributed by atoms with Crippen molar-refractivity contribution < 1.29 is 14.3 Å². The van der Waals surface area contributed by atoms with Gasteiger partial charge in [0.15, 0.2) is 5.69 Å². The Bertz CT molecular complexity index is 726. The first-order valence-corrected chi connectivity index (χ1v) is 7.53. The number of nitrogens with one attached hydrogen (secondary N) is 1. The molecule has 1 atom stereocenters. The zero-order valence-corrected chi connectivity index (χ0v) is 12.9. The minimum atomic E-state index is -0.571. The third-order valence-corrected chi connectivity index (χ3v) is 3.94. The maximum atomic E-state index is 12.2. The number of aromatic nitrogens is 3. The molecular formula is C16H18N4O3. The number of rotatable bonds is 4. The maximum Gasteiger partial charge on any atom is 0.360 e. The van der Waals surface area contributed by atoms with Crippen LogP contribution in [0.3, 0.4) is 0 Å². The second-order valence-electron chi connectivity index (χ2n) is 5.50. The van der Waals surface area contributed by atoms with Crippen LogP contribution in [-0.2, 0) is 22.5 Å². The minimum Gasteiger partial charge on any atom is -0.464 e. The van der Waals surface area contributed by atoms with Crippen molar-refractivity contribution in [1.29, 1.82) is 0 Å². The van der Waals surface area contributed by atoms with Crippen LogP contribution < -0.4 is 5.32 Å². The van der Waals surface area contributed by atoms with Crippen LogP contribution in [0.4, 0.5) is 0 Å². The average molecular weight is 314 g/mol. The number of methoxy groups -OCH3 is 1. The van der Waals surface area contributed by atoms with E-state index in [1.807, 2.05) is 12.1 Å². The van der Waals surface area contributed by atoms with Crippen molar-refractivity contribution in [2.45, 2.75) is 31.8 Å². The molecule has 0 bridgehead atoms. The minimum absolute atomic E-state index is 0.0165. The summed E-state index contributed by atoms with van der Waals surface area (Å²) < 4.78 is 5.89. The van der Waals surface area contributed by atoms with Crippen molar-refractivity contribution >= 4 is 11.9 Å². The summed E-state index contributed by atoms with van der Waals surface area (Å²) in [6, 6.07) is 8.20. The van der Waals surface area contributed by atoms with Crippen molar-refractivity contribution in [3.05, 3.63) is 47.3 Å². The Balaban J connectivity index is 1.64. The molecule has 0 spiro atoms. The third-order valence-electron chi connectivity index (χ3n) is 3.94. The normalized spacial score (nSPS) is 16.5. The van der Waals surface area contributed by atoms with Crippen molar-refractivity contribution in [3.8, 4) is 0 Å². The van der Waals surface area contributed by atoms with Gasteiger partial charge in [-0.25, -0.2) is 9.48 Å². The quantitative estimate of drug-likeness (QED) is 0.859. The Morgan fingerprint density at radius 3 is 3.04 bits per heavy atom. The van der Waals surface area contributed by atoms with E-state index in [1.54, 1.807) is 0 Å². The number of carbonyl (C=O) groups excluding carboxylic acids is 2. The van der Waals surface area contributed by atoms with Gasteiger partial charge in [0.25, 0.3) is 0 Å². The van der Waals surface area contributed by atoms with Crippen LogP contribution in [-0.4, -0.2) is 34.0 Å². The van der Waals surface area contributed by atoms with E-state index in [1.165, 1.54) is 29.1 Å². The molecule has 0 aliphatic heterocycles. The largest absolute Gasteiger partial charge is 0.464 e. The molecule has 7 heteroatoms. The molecule has 1 aromatic heterocycles. The monoisotopic (exact) mass is 314 g/mol. The van der Waals surface area contributed by atoms with Crippen molar-refractivity contribution in [1.82, 2.24) is 20.3 Å². The number of hydrogen-bond acceptors (Lipinski definition) is 5. The predicted molar refractivity (Wildman–Crippen MR) is 81.6 cm³/mol. The first-order valence-electron chi connectivity index (χ1n) is 7.53. The van der Waals surface area contributed by atoms with Gasteiger partial charge in [-0.1, -0.05) is 29.5 Å². The van der Waals surface area contributed by atoms with Gasteiger partial charge in [-0.05, 0) is 30.4 Å². The van der Waals surface area contributed by atoms with Crippen molar-refractivity contribution in [2.24, 2.45) is 0 Å². The van der Waals surface area contributed by atoms with E-state index in [4.69, 9.17) is 0 Å². The van der Waals surface area contributed by atoms with Crippen LogP contribution >= 0.6 is 0 Å². The van der Waals surface area contributed by atoms with Gasteiger partial charge in [0.1, 0.15) is 6.54 Å². The lowest BCUT2D eigenvalue weighted by molar-refractivity contribution is -0.122. The highest BCUT2D eigenvalue weighted by atomic mass is 16.5. The van der Waals surface area contributed by atoms with E-state index in [0.29, 0.717) is 0 Å². The number of hydrogen-bond donors (Lipinski definition) is 1. The molecule has 1 aliphatic rings. The summed E-state index contributed by atoms with van der Waals surface area (Å²) >= 11 is 0. The van der Waals surface area contributed by atoms with Crippen molar-refractivity contribution in [3.63, 3.8) is 0 Å². The van der Waals surface area contributed by atoms with Gasteiger partial charge in [-0.3, -0.25) is 4.79 Å². The number of nitrogens with zero attached hydrogens (tertiary/aromatic N) is 3. The smallest absolute Gasteiger partial charge is 0.360 e. The Hall–Kier alpha value is -2.70. The molecular weight excluding hydrogens is 296 g/mol. The number of amides is 1. The standard InChI is InChI=1S/C16H18N4O3/c1-23-16(22)14-9-20(19-18-14)10-15(21)17-13-8-4-6-11-5-2-3-7-12(11)13/h2-3,5,7,9,13H,4,6,8,10H2,1H3,(H,17,21)/t13-/m1/s1. The van der Waals surface area contributed by atoms with Gasteiger partial charge >= 0.3 is 5.97 Å². The fraction of sp³-hybridized carbons (Fsp3) is 0.375. The molecule has 2 aromatic rings. The fourth-order valence-electron chi connectivity index (χ4n) is 2.86. The topological polar surface area (TPSA) is 86.1 Å². The van der Waals surface area contributed by atoms with Crippen LogP contribution in [0, 0.1) is 0 Å². The molecule has 1 heterocycles. The summed E-state index contributed by atoms with van der Waals surface area (Å²) in [7, 11) is 1.27. The molecule has 3 rings (SSSR count). The van der Waals surface area contributed by atoms with Crippen molar-refractivity contribution in [2.75, 3.05) is 7.11 Å². The zero-order valence-electron chi connectivity index (χ0n) is 12.9. The number of carbonyl (C=O) groups is 2. The van der Waals surface area contributed by atoms with Gasteiger partial charge in [0.05, 0.1) is 19.3 Å². The van der Waals surface area contributed by atoms with E-state index < -0.39 is 5.97 Å². The van der Waals surface area contributed by atoms with Crippen LogP contribution in [0.1, 0.15) is 40.5 Å². The van der Waals surface area contributed by atoms with Crippen LogP contribution in [0.15, 0.2) is 30.5 Å². The van der Waals surface area contributed by atoms with E-state index in [-0.39, 0.29) is 24.2 Å². The van der Waals surface area contributed by atoms with E-state index in [9.17, 15) is 9.59 Å². The third kappa shape index (κ3) is 3.39. The zero-order chi connectivity index (χ0) is 16.2.